The van der Waals surface area contributed by atoms with E-state index < -0.39 is 5.54 Å². The number of methoxy groups -OCH3 is 1. The summed E-state index contributed by atoms with van der Waals surface area (Å²) in [6, 6.07) is 9.93. The van der Waals surface area contributed by atoms with E-state index in [9.17, 15) is 4.79 Å². The monoisotopic (exact) mass is 271 g/mol. The second-order valence-corrected chi connectivity index (χ2v) is 4.47. The van der Waals surface area contributed by atoms with E-state index in [0.29, 0.717) is 19.4 Å². The average molecular weight is 272 g/mol. The van der Waals surface area contributed by atoms with Crippen LogP contribution in [0.2, 0.25) is 0 Å². The number of rotatable bonds is 4. The normalized spacial score (nSPS) is 25.8. The molecule has 0 bridgehead atoms. The SMILES string of the molecule is COC(=O)C1(N)CC(OCc2ccccc2)C1.Cl. The Kier molecular flexibility index (Phi) is 5.14. The Hall–Kier alpha value is -1.10. The molecule has 0 aromatic heterocycles. The van der Waals surface area contributed by atoms with Crippen molar-refractivity contribution in [2.24, 2.45) is 5.73 Å². The summed E-state index contributed by atoms with van der Waals surface area (Å²) in [5, 5.41) is 0. The fourth-order valence-electron chi connectivity index (χ4n) is 2.03. The number of benzene rings is 1. The summed E-state index contributed by atoms with van der Waals surface area (Å²) < 4.78 is 10.3. The van der Waals surface area contributed by atoms with E-state index in [4.69, 9.17) is 10.5 Å². The standard InChI is InChI=1S/C13H17NO3.ClH/c1-16-12(15)13(14)7-11(8-13)17-9-10-5-3-2-4-6-10;/h2-6,11H,7-9,14H2,1H3;1H. The molecule has 1 aliphatic rings. The first kappa shape index (κ1) is 15.0. The Bertz CT molecular complexity index is 390. The average Bonchev–Trinajstić information content (AvgIpc) is 2.33. The van der Waals surface area contributed by atoms with Gasteiger partial charge < -0.3 is 15.2 Å². The van der Waals surface area contributed by atoms with Crippen LogP contribution >= 0.6 is 12.4 Å². The second kappa shape index (κ2) is 6.18. The molecule has 1 saturated carbocycles. The van der Waals surface area contributed by atoms with Gasteiger partial charge in [0.25, 0.3) is 0 Å². The van der Waals surface area contributed by atoms with Gasteiger partial charge in [-0.15, -0.1) is 12.4 Å². The summed E-state index contributed by atoms with van der Waals surface area (Å²) in [6.45, 7) is 0.558. The summed E-state index contributed by atoms with van der Waals surface area (Å²) in [6.07, 6.45) is 1.12. The first-order valence-corrected chi connectivity index (χ1v) is 5.67. The largest absolute Gasteiger partial charge is 0.468 e. The molecule has 0 spiro atoms. The van der Waals surface area contributed by atoms with Crippen molar-refractivity contribution in [1.82, 2.24) is 0 Å². The van der Waals surface area contributed by atoms with Gasteiger partial charge in [-0.05, 0) is 5.56 Å². The molecule has 1 aromatic carbocycles. The van der Waals surface area contributed by atoms with Crippen LogP contribution in [0, 0.1) is 0 Å². The Morgan fingerprint density at radius 1 is 1.39 bits per heavy atom. The molecule has 0 unspecified atom stereocenters. The van der Waals surface area contributed by atoms with E-state index in [-0.39, 0.29) is 24.5 Å². The Balaban J connectivity index is 0.00000162. The summed E-state index contributed by atoms with van der Waals surface area (Å²) in [7, 11) is 1.36. The number of nitrogens with two attached hydrogens (primary N) is 1. The van der Waals surface area contributed by atoms with Gasteiger partial charge in [-0.3, -0.25) is 4.79 Å². The third-order valence-corrected chi connectivity index (χ3v) is 3.10. The molecule has 0 saturated heterocycles. The topological polar surface area (TPSA) is 61.5 Å². The lowest BCUT2D eigenvalue weighted by molar-refractivity contribution is -0.158. The molecular weight excluding hydrogens is 254 g/mol. The van der Waals surface area contributed by atoms with Crippen LogP contribution in [0.4, 0.5) is 0 Å². The van der Waals surface area contributed by atoms with Crippen LogP contribution in [-0.2, 0) is 20.9 Å². The van der Waals surface area contributed by atoms with Gasteiger partial charge in [0.15, 0.2) is 0 Å². The van der Waals surface area contributed by atoms with Crippen LogP contribution in [0.1, 0.15) is 18.4 Å². The van der Waals surface area contributed by atoms with Crippen LogP contribution in [-0.4, -0.2) is 24.7 Å². The number of hydrogen-bond donors (Lipinski definition) is 1. The molecule has 2 N–H and O–H groups in total. The minimum absolute atomic E-state index is 0. The number of esters is 1. The third kappa shape index (κ3) is 3.22. The van der Waals surface area contributed by atoms with E-state index in [1.54, 1.807) is 0 Å². The molecule has 0 atom stereocenters. The predicted molar refractivity (Wildman–Crippen MR) is 70.4 cm³/mol. The van der Waals surface area contributed by atoms with Gasteiger partial charge in [-0.1, -0.05) is 30.3 Å². The number of hydrogen-bond acceptors (Lipinski definition) is 4. The Labute approximate surface area is 113 Å². The molecule has 1 fully saturated rings. The van der Waals surface area contributed by atoms with Gasteiger partial charge >= 0.3 is 5.97 Å². The van der Waals surface area contributed by atoms with Gasteiger partial charge in [-0.2, -0.15) is 0 Å². The highest BCUT2D eigenvalue weighted by Crippen LogP contribution is 2.33. The Morgan fingerprint density at radius 3 is 2.56 bits per heavy atom. The lowest BCUT2D eigenvalue weighted by Crippen LogP contribution is -2.61. The minimum Gasteiger partial charge on any atom is -0.468 e. The number of ether oxygens (including phenoxy) is 2. The van der Waals surface area contributed by atoms with Crippen molar-refractivity contribution in [3.05, 3.63) is 35.9 Å². The van der Waals surface area contributed by atoms with Crippen LogP contribution < -0.4 is 5.73 Å². The van der Waals surface area contributed by atoms with E-state index >= 15 is 0 Å². The van der Waals surface area contributed by atoms with Crippen molar-refractivity contribution < 1.29 is 14.3 Å². The van der Waals surface area contributed by atoms with Crippen molar-refractivity contribution in [3.63, 3.8) is 0 Å². The summed E-state index contributed by atoms with van der Waals surface area (Å²) >= 11 is 0. The van der Waals surface area contributed by atoms with E-state index in [1.807, 2.05) is 30.3 Å². The number of carbonyl (C=O) groups excluding carboxylic acids is 1. The first-order chi connectivity index (χ1) is 8.14. The molecule has 5 heteroatoms. The molecule has 4 nitrogen and oxygen atoms in total. The molecule has 100 valence electrons. The summed E-state index contributed by atoms with van der Waals surface area (Å²) in [5.74, 6) is -0.350. The lowest BCUT2D eigenvalue weighted by atomic mass is 9.75. The van der Waals surface area contributed by atoms with Gasteiger partial charge in [0.05, 0.1) is 19.8 Å². The van der Waals surface area contributed by atoms with Gasteiger partial charge in [0, 0.05) is 12.8 Å². The molecule has 1 aromatic rings. The van der Waals surface area contributed by atoms with Crippen molar-refractivity contribution in [3.8, 4) is 0 Å². The highest BCUT2D eigenvalue weighted by atomic mass is 35.5. The maximum Gasteiger partial charge on any atom is 0.326 e. The van der Waals surface area contributed by atoms with Gasteiger partial charge in [-0.25, -0.2) is 0 Å². The van der Waals surface area contributed by atoms with Crippen LogP contribution in [0.5, 0.6) is 0 Å². The fraction of sp³-hybridized carbons (Fsp3) is 0.462. The van der Waals surface area contributed by atoms with E-state index in [2.05, 4.69) is 4.74 Å². The summed E-state index contributed by atoms with van der Waals surface area (Å²) in [4.78, 5) is 11.3. The zero-order valence-corrected chi connectivity index (χ0v) is 11.1. The van der Waals surface area contributed by atoms with E-state index in [0.717, 1.165) is 5.56 Å². The van der Waals surface area contributed by atoms with Crippen molar-refractivity contribution in [2.45, 2.75) is 31.1 Å². The highest BCUT2D eigenvalue weighted by molar-refractivity contribution is 5.85. The third-order valence-electron chi connectivity index (χ3n) is 3.10. The van der Waals surface area contributed by atoms with Crippen LogP contribution in [0.3, 0.4) is 0 Å². The number of carbonyl (C=O) groups is 1. The lowest BCUT2D eigenvalue weighted by Gasteiger charge is -2.41. The molecule has 0 aliphatic heterocycles. The van der Waals surface area contributed by atoms with Crippen LogP contribution in [0.15, 0.2) is 30.3 Å². The maximum atomic E-state index is 11.3. The quantitative estimate of drug-likeness (QED) is 0.846. The molecule has 18 heavy (non-hydrogen) atoms. The first-order valence-electron chi connectivity index (χ1n) is 5.67. The predicted octanol–water partition coefficient (Wildman–Crippen LogP) is 1.66. The zero-order valence-electron chi connectivity index (χ0n) is 10.3. The number of halogens is 1. The maximum absolute atomic E-state index is 11.3. The van der Waals surface area contributed by atoms with Gasteiger partial charge in [0.1, 0.15) is 5.54 Å². The van der Waals surface area contributed by atoms with Crippen molar-refractivity contribution >= 4 is 18.4 Å². The molecule has 1 aliphatic carbocycles. The molecule has 2 rings (SSSR count). The van der Waals surface area contributed by atoms with Crippen molar-refractivity contribution in [2.75, 3.05) is 7.11 Å². The van der Waals surface area contributed by atoms with E-state index in [1.165, 1.54) is 7.11 Å². The van der Waals surface area contributed by atoms with Crippen LogP contribution in [0.25, 0.3) is 0 Å². The Morgan fingerprint density at radius 2 is 2.00 bits per heavy atom. The zero-order chi connectivity index (χ0) is 12.3. The van der Waals surface area contributed by atoms with Gasteiger partial charge in [0.2, 0.25) is 0 Å². The second-order valence-electron chi connectivity index (χ2n) is 4.47. The van der Waals surface area contributed by atoms with Crippen molar-refractivity contribution in [1.29, 1.82) is 0 Å². The fourth-order valence-corrected chi connectivity index (χ4v) is 2.03. The minimum atomic E-state index is -0.837. The highest BCUT2D eigenvalue weighted by Gasteiger charge is 2.48. The molecular formula is C13H18ClNO3. The summed E-state index contributed by atoms with van der Waals surface area (Å²) in [5.41, 5.74) is 6.15. The molecule has 0 amide bonds. The molecule has 0 radical (unpaired) electrons. The molecule has 0 heterocycles. The smallest absolute Gasteiger partial charge is 0.326 e.